The summed E-state index contributed by atoms with van der Waals surface area (Å²) < 4.78 is 20.6. The first-order valence-corrected chi connectivity index (χ1v) is 9.62. The summed E-state index contributed by atoms with van der Waals surface area (Å²) in [5.41, 5.74) is 0.596. The molecule has 0 N–H and O–H groups in total. The lowest BCUT2D eigenvalue weighted by Crippen LogP contribution is -2.34. The zero-order chi connectivity index (χ0) is 18.1. The molecule has 0 aliphatic carbocycles. The van der Waals surface area contributed by atoms with Gasteiger partial charge in [0.1, 0.15) is 18.0 Å². The number of piperidine rings is 1. The number of aryl methyl sites for hydroxylation is 1. The van der Waals surface area contributed by atoms with Crippen LogP contribution < -0.4 is 4.90 Å². The normalized spacial score (nSPS) is 15.7. The van der Waals surface area contributed by atoms with E-state index in [2.05, 4.69) is 47.9 Å². The maximum atomic E-state index is 14.4. The molecule has 4 rings (SSSR count). The van der Waals surface area contributed by atoms with Crippen molar-refractivity contribution in [1.82, 2.24) is 20.1 Å². The molecule has 1 aliphatic rings. The van der Waals surface area contributed by atoms with Gasteiger partial charge in [0.25, 0.3) is 0 Å². The SMILES string of the molecule is CCCc1noc(C2CCN(c3ncnc4c(Br)ccc(F)c34)CC2)n1. The van der Waals surface area contributed by atoms with Crippen LogP contribution in [0.15, 0.2) is 27.5 Å². The summed E-state index contributed by atoms with van der Waals surface area (Å²) in [5.74, 6) is 2.08. The van der Waals surface area contributed by atoms with E-state index >= 15 is 0 Å². The molecule has 3 aromatic rings. The van der Waals surface area contributed by atoms with E-state index in [-0.39, 0.29) is 11.7 Å². The molecular weight excluding hydrogens is 401 g/mol. The van der Waals surface area contributed by atoms with Gasteiger partial charge in [-0.1, -0.05) is 12.1 Å². The molecule has 1 saturated heterocycles. The molecule has 0 unspecified atom stereocenters. The van der Waals surface area contributed by atoms with Crippen molar-refractivity contribution in [1.29, 1.82) is 0 Å². The van der Waals surface area contributed by atoms with E-state index < -0.39 is 0 Å². The van der Waals surface area contributed by atoms with E-state index in [4.69, 9.17) is 4.52 Å². The Balaban J connectivity index is 1.55. The van der Waals surface area contributed by atoms with Crippen molar-refractivity contribution < 1.29 is 8.91 Å². The molecule has 0 saturated carbocycles. The molecule has 3 heterocycles. The van der Waals surface area contributed by atoms with Gasteiger partial charge in [0, 0.05) is 29.9 Å². The summed E-state index contributed by atoms with van der Waals surface area (Å²) in [6.07, 6.45) is 5.06. The van der Waals surface area contributed by atoms with Gasteiger partial charge in [0.05, 0.1) is 10.9 Å². The van der Waals surface area contributed by atoms with E-state index in [1.54, 1.807) is 6.07 Å². The Morgan fingerprint density at radius 2 is 2.08 bits per heavy atom. The molecule has 136 valence electrons. The molecule has 0 radical (unpaired) electrons. The van der Waals surface area contributed by atoms with E-state index in [0.717, 1.165) is 55.0 Å². The van der Waals surface area contributed by atoms with Crippen LogP contribution in [0.3, 0.4) is 0 Å². The van der Waals surface area contributed by atoms with Crippen molar-refractivity contribution in [2.24, 2.45) is 0 Å². The molecular formula is C18H19BrFN5O. The maximum Gasteiger partial charge on any atom is 0.229 e. The minimum atomic E-state index is -0.304. The topological polar surface area (TPSA) is 67.9 Å². The maximum absolute atomic E-state index is 14.4. The average Bonchev–Trinajstić information content (AvgIpc) is 3.13. The Bertz CT molecular complexity index is 923. The second-order valence-corrected chi connectivity index (χ2v) is 7.36. The first-order chi connectivity index (χ1) is 12.7. The van der Waals surface area contributed by atoms with Crippen LogP contribution >= 0.6 is 15.9 Å². The third kappa shape index (κ3) is 3.18. The van der Waals surface area contributed by atoms with Crippen molar-refractivity contribution in [3.8, 4) is 0 Å². The van der Waals surface area contributed by atoms with Gasteiger partial charge in [-0.2, -0.15) is 4.98 Å². The quantitative estimate of drug-likeness (QED) is 0.629. The Kier molecular flexibility index (Phi) is 4.84. The highest BCUT2D eigenvalue weighted by Gasteiger charge is 2.27. The summed E-state index contributed by atoms with van der Waals surface area (Å²) in [7, 11) is 0. The van der Waals surface area contributed by atoms with Crippen LogP contribution in [-0.2, 0) is 6.42 Å². The second-order valence-electron chi connectivity index (χ2n) is 6.51. The van der Waals surface area contributed by atoms with Gasteiger partial charge >= 0.3 is 0 Å². The molecule has 26 heavy (non-hydrogen) atoms. The van der Waals surface area contributed by atoms with Crippen LogP contribution in [0.4, 0.5) is 10.2 Å². The van der Waals surface area contributed by atoms with Crippen LogP contribution in [0, 0.1) is 5.82 Å². The van der Waals surface area contributed by atoms with Gasteiger partial charge in [-0.25, -0.2) is 14.4 Å². The minimum absolute atomic E-state index is 0.244. The first kappa shape index (κ1) is 17.3. The van der Waals surface area contributed by atoms with Gasteiger partial charge in [0.2, 0.25) is 5.89 Å². The largest absolute Gasteiger partial charge is 0.356 e. The summed E-state index contributed by atoms with van der Waals surface area (Å²) in [6.45, 7) is 3.61. The Morgan fingerprint density at radius 1 is 1.27 bits per heavy atom. The fraction of sp³-hybridized carbons (Fsp3) is 0.444. The summed E-state index contributed by atoms with van der Waals surface area (Å²) in [4.78, 5) is 15.2. The predicted molar refractivity (Wildman–Crippen MR) is 99.7 cm³/mol. The van der Waals surface area contributed by atoms with Crippen molar-refractivity contribution in [2.45, 2.75) is 38.5 Å². The monoisotopic (exact) mass is 419 g/mol. The molecule has 8 heteroatoms. The zero-order valence-electron chi connectivity index (χ0n) is 14.5. The number of hydrogen-bond acceptors (Lipinski definition) is 6. The predicted octanol–water partition coefficient (Wildman–Crippen LogP) is 4.25. The Morgan fingerprint density at radius 3 is 2.85 bits per heavy atom. The highest BCUT2D eigenvalue weighted by molar-refractivity contribution is 9.10. The molecule has 0 atom stereocenters. The Labute approximate surface area is 159 Å². The van der Waals surface area contributed by atoms with E-state index in [1.807, 2.05) is 0 Å². The molecule has 1 fully saturated rings. The standard InChI is InChI=1S/C18H19BrFN5O/c1-2-3-14-23-18(26-24-14)11-6-8-25(9-7-11)17-15-13(20)5-4-12(19)16(15)21-10-22-17/h4-5,10-11H,2-3,6-9H2,1H3. The number of hydrogen-bond donors (Lipinski definition) is 0. The summed E-state index contributed by atoms with van der Waals surface area (Å²) >= 11 is 3.44. The van der Waals surface area contributed by atoms with Gasteiger partial charge < -0.3 is 9.42 Å². The lowest BCUT2D eigenvalue weighted by molar-refractivity contribution is 0.326. The van der Waals surface area contributed by atoms with Crippen LogP contribution in [0.1, 0.15) is 43.8 Å². The number of nitrogens with zero attached hydrogens (tertiary/aromatic N) is 5. The highest BCUT2D eigenvalue weighted by atomic mass is 79.9. The number of halogens is 2. The van der Waals surface area contributed by atoms with E-state index in [1.165, 1.54) is 12.4 Å². The molecule has 1 aliphatic heterocycles. The van der Waals surface area contributed by atoms with Crippen LogP contribution in [0.5, 0.6) is 0 Å². The smallest absolute Gasteiger partial charge is 0.229 e. The fourth-order valence-corrected chi connectivity index (χ4v) is 3.86. The van der Waals surface area contributed by atoms with Gasteiger partial charge in [-0.15, -0.1) is 0 Å². The number of benzene rings is 1. The first-order valence-electron chi connectivity index (χ1n) is 8.83. The third-order valence-corrected chi connectivity index (χ3v) is 5.41. The molecule has 1 aromatic carbocycles. The second kappa shape index (κ2) is 7.26. The number of fused-ring (bicyclic) bond motifs is 1. The molecule has 2 aromatic heterocycles. The fourth-order valence-electron chi connectivity index (χ4n) is 3.42. The van der Waals surface area contributed by atoms with Crippen molar-refractivity contribution in [2.75, 3.05) is 18.0 Å². The Hall–Kier alpha value is -2.09. The van der Waals surface area contributed by atoms with Crippen LogP contribution in [-0.4, -0.2) is 33.2 Å². The molecule has 0 amide bonds. The average molecular weight is 420 g/mol. The lowest BCUT2D eigenvalue weighted by Gasteiger charge is -2.31. The summed E-state index contributed by atoms with van der Waals surface area (Å²) in [6, 6.07) is 3.11. The molecule has 0 bridgehead atoms. The number of anilines is 1. The number of rotatable bonds is 4. The van der Waals surface area contributed by atoms with Crippen LogP contribution in [0.2, 0.25) is 0 Å². The third-order valence-electron chi connectivity index (χ3n) is 4.77. The molecule has 0 spiro atoms. The lowest BCUT2D eigenvalue weighted by atomic mass is 9.96. The van der Waals surface area contributed by atoms with Crippen molar-refractivity contribution in [3.05, 3.63) is 40.5 Å². The zero-order valence-corrected chi connectivity index (χ0v) is 16.0. The van der Waals surface area contributed by atoms with Crippen molar-refractivity contribution >= 4 is 32.7 Å². The van der Waals surface area contributed by atoms with Crippen LogP contribution in [0.25, 0.3) is 10.9 Å². The molecule has 6 nitrogen and oxygen atoms in total. The number of aromatic nitrogens is 4. The van der Waals surface area contributed by atoms with Gasteiger partial charge in [0.15, 0.2) is 5.82 Å². The minimum Gasteiger partial charge on any atom is -0.356 e. The van der Waals surface area contributed by atoms with E-state index in [9.17, 15) is 4.39 Å². The summed E-state index contributed by atoms with van der Waals surface area (Å²) in [5, 5.41) is 4.51. The van der Waals surface area contributed by atoms with Gasteiger partial charge in [-0.05, 0) is 47.3 Å². The van der Waals surface area contributed by atoms with Gasteiger partial charge in [-0.3, -0.25) is 0 Å². The highest BCUT2D eigenvalue weighted by Crippen LogP contribution is 2.34. The van der Waals surface area contributed by atoms with Crippen molar-refractivity contribution in [3.63, 3.8) is 0 Å². The van der Waals surface area contributed by atoms with E-state index in [0.29, 0.717) is 16.7 Å².